The van der Waals surface area contributed by atoms with Gasteiger partial charge in [0.25, 0.3) is 0 Å². The average Bonchev–Trinajstić information content (AvgIpc) is 2.04. The number of benzene rings is 1. The van der Waals surface area contributed by atoms with Crippen LogP contribution in [0, 0.1) is 0 Å². The molecule has 8 heteroatoms. The Morgan fingerprint density at radius 3 is 2.00 bits per heavy atom. The number of hydrogen-bond donors (Lipinski definition) is 1. The molecule has 0 atom stereocenters. The first-order chi connectivity index (χ1) is 7.09. The number of nitrogen functional groups attached to an aromatic ring is 1. The number of thioether (sulfide) groups is 1. The summed E-state index contributed by atoms with van der Waals surface area (Å²) in [6, 6.07) is 2.08. The summed E-state index contributed by atoms with van der Waals surface area (Å²) in [7, 11) is 0. The van der Waals surface area contributed by atoms with Gasteiger partial charge in [-0.2, -0.15) is 26.3 Å². The molecule has 0 aliphatic rings. The molecule has 0 aliphatic heterocycles. The van der Waals surface area contributed by atoms with Gasteiger partial charge in [-0.3, -0.25) is 0 Å². The van der Waals surface area contributed by atoms with E-state index in [1.165, 1.54) is 0 Å². The average molecular weight is 261 g/mol. The van der Waals surface area contributed by atoms with Gasteiger partial charge in [0.1, 0.15) is 0 Å². The number of halogens is 6. The van der Waals surface area contributed by atoms with E-state index in [1.54, 1.807) is 0 Å². The fourth-order valence-corrected chi connectivity index (χ4v) is 1.56. The second kappa shape index (κ2) is 4.08. The monoisotopic (exact) mass is 261 g/mol. The fraction of sp³-hybridized carbons (Fsp3) is 0.250. The van der Waals surface area contributed by atoms with Crippen molar-refractivity contribution in [2.75, 3.05) is 5.73 Å². The molecule has 0 spiro atoms. The summed E-state index contributed by atoms with van der Waals surface area (Å²) >= 11 is -0.616. The second-order valence-corrected chi connectivity index (χ2v) is 3.93. The van der Waals surface area contributed by atoms with E-state index in [9.17, 15) is 26.3 Å². The molecule has 1 aromatic carbocycles. The molecule has 0 saturated carbocycles. The van der Waals surface area contributed by atoms with Gasteiger partial charge < -0.3 is 5.73 Å². The lowest BCUT2D eigenvalue weighted by atomic mass is 10.2. The Morgan fingerprint density at radius 2 is 1.56 bits per heavy atom. The molecule has 16 heavy (non-hydrogen) atoms. The lowest BCUT2D eigenvalue weighted by Crippen LogP contribution is -2.09. The second-order valence-electron chi connectivity index (χ2n) is 2.79. The third-order valence-electron chi connectivity index (χ3n) is 1.56. The predicted octanol–water partition coefficient (Wildman–Crippen LogP) is 3.90. The maximum absolute atomic E-state index is 12.3. The van der Waals surface area contributed by atoms with E-state index >= 15 is 0 Å². The quantitative estimate of drug-likeness (QED) is 0.471. The van der Waals surface area contributed by atoms with E-state index in [0.717, 1.165) is 12.1 Å². The van der Waals surface area contributed by atoms with E-state index in [4.69, 9.17) is 5.73 Å². The highest BCUT2D eigenvalue weighted by Crippen LogP contribution is 2.41. The van der Waals surface area contributed by atoms with E-state index < -0.39 is 39.6 Å². The molecule has 0 bridgehead atoms. The minimum absolute atomic E-state index is 0.382. The number of nitrogens with two attached hydrogens (primary N) is 1. The smallest absolute Gasteiger partial charge is 0.398 e. The predicted molar refractivity (Wildman–Crippen MR) is 47.8 cm³/mol. The van der Waals surface area contributed by atoms with Crippen LogP contribution in [0.1, 0.15) is 5.56 Å². The molecule has 0 heterocycles. The molecule has 0 saturated heterocycles. The van der Waals surface area contributed by atoms with Crippen LogP contribution in [0.25, 0.3) is 0 Å². The van der Waals surface area contributed by atoms with Crippen molar-refractivity contribution < 1.29 is 26.3 Å². The van der Waals surface area contributed by atoms with Crippen LogP contribution in [-0.4, -0.2) is 5.51 Å². The van der Waals surface area contributed by atoms with Crippen molar-refractivity contribution >= 4 is 17.4 Å². The molecule has 0 unspecified atom stereocenters. The van der Waals surface area contributed by atoms with Crippen molar-refractivity contribution in [3.63, 3.8) is 0 Å². The fourth-order valence-electron chi connectivity index (χ4n) is 0.978. The van der Waals surface area contributed by atoms with Gasteiger partial charge in [0.2, 0.25) is 0 Å². The number of anilines is 1. The third kappa shape index (κ3) is 3.51. The Hall–Kier alpha value is -1.05. The van der Waals surface area contributed by atoms with E-state index in [1.807, 2.05) is 0 Å². The summed E-state index contributed by atoms with van der Waals surface area (Å²) in [5.41, 5.74) is -1.46. The molecule has 2 N–H and O–H groups in total. The minimum Gasteiger partial charge on any atom is -0.398 e. The van der Waals surface area contributed by atoms with Crippen molar-refractivity contribution in [2.24, 2.45) is 0 Å². The van der Waals surface area contributed by atoms with Gasteiger partial charge in [-0.15, -0.1) is 0 Å². The Labute approximate surface area is 90.6 Å². The maximum Gasteiger partial charge on any atom is 0.446 e. The molecule has 1 aromatic rings. The van der Waals surface area contributed by atoms with Crippen LogP contribution >= 0.6 is 11.8 Å². The third-order valence-corrected chi connectivity index (χ3v) is 2.28. The van der Waals surface area contributed by atoms with E-state index in [0.29, 0.717) is 6.07 Å². The number of alkyl halides is 6. The number of rotatable bonds is 1. The molecule has 0 amide bonds. The van der Waals surface area contributed by atoms with Crippen LogP contribution < -0.4 is 5.73 Å². The Kier molecular flexibility index (Phi) is 3.32. The van der Waals surface area contributed by atoms with Crippen LogP contribution in [0.15, 0.2) is 23.1 Å². The first-order valence-corrected chi connectivity index (χ1v) is 4.64. The normalized spacial score (nSPS) is 12.9. The van der Waals surface area contributed by atoms with Crippen molar-refractivity contribution in [3.05, 3.63) is 23.8 Å². The SMILES string of the molecule is Nc1ccc(SC(F)(F)F)cc1C(F)(F)F. The van der Waals surface area contributed by atoms with Gasteiger partial charge >= 0.3 is 11.7 Å². The van der Waals surface area contributed by atoms with Crippen LogP contribution in [0.3, 0.4) is 0 Å². The summed E-state index contributed by atoms with van der Waals surface area (Å²) in [5, 5.41) is 0. The summed E-state index contributed by atoms with van der Waals surface area (Å²) in [4.78, 5) is -0.547. The van der Waals surface area contributed by atoms with Crippen molar-refractivity contribution in [3.8, 4) is 0 Å². The van der Waals surface area contributed by atoms with Crippen LogP contribution in [-0.2, 0) is 6.18 Å². The summed E-state index contributed by atoms with van der Waals surface area (Å²) in [6.45, 7) is 0. The number of hydrogen-bond acceptors (Lipinski definition) is 2. The Balaban J connectivity index is 3.09. The molecule has 90 valence electrons. The highest BCUT2D eigenvalue weighted by molar-refractivity contribution is 8.00. The molecule has 1 rings (SSSR count). The first kappa shape index (κ1) is 13.0. The molecule has 1 nitrogen and oxygen atoms in total. The lowest BCUT2D eigenvalue weighted by Gasteiger charge is -2.12. The summed E-state index contributed by atoms with van der Waals surface area (Å²) in [5.74, 6) is 0. The van der Waals surface area contributed by atoms with Crippen molar-refractivity contribution in [1.29, 1.82) is 0 Å². The molecule has 0 aromatic heterocycles. The van der Waals surface area contributed by atoms with Gasteiger partial charge in [0.15, 0.2) is 0 Å². The Bertz CT molecular complexity index is 383. The topological polar surface area (TPSA) is 26.0 Å². The minimum atomic E-state index is -4.76. The molecule has 0 radical (unpaired) electrons. The molecule has 0 aliphatic carbocycles. The standard InChI is InChI=1S/C8H5F6NS/c9-7(10,11)5-3-4(1-2-6(5)15)16-8(12,13)14/h1-3H,15H2. The van der Waals surface area contributed by atoms with E-state index in [2.05, 4.69) is 0 Å². The highest BCUT2D eigenvalue weighted by Gasteiger charge is 2.35. The zero-order valence-corrected chi connectivity index (χ0v) is 8.30. The van der Waals surface area contributed by atoms with Crippen molar-refractivity contribution in [2.45, 2.75) is 16.6 Å². The van der Waals surface area contributed by atoms with Crippen LogP contribution in [0.4, 0.5) is 32.0 Å². The van der Waals surface area contributed by atoms with Gasteiger partial charge in [0.05, 0.1) is 5.56 Å². The van der Waals surface area contributed by atoms with Crippen LogP contribution in [0.5, 0.6) is 0 Å². The highest BCUT2D eigenvalue weighted by atomic mass is 32.2. The zero-order valence-electron chi connectivity index (χ0n) is 7.49. The lowest BCUT2D eigenvalue weighted by molar-refractivity contribution is -0.137. The van der Waals surface area contributed by atoms with E-state index in [-0.39, 0.29) is 0 Å². The van der Waals surface area contributed by atoms with Gasteiger partial charge in [-0.1, -0.05) is 0 Å². The van der Waals surface area contributed by atoms with Gasteiger partial charge in [-0.25, -0.2) is 0 Å². The first-order valence-electron chi connectivity index (χ1n) is 3.82. The molecular weight excluding hydrogens is 256 g/mol. The maximum atomic E-state index is 12.3. The van der Waals surface area contributed by atoms with Gasteiger partial charge in [0, 0.05) is 10.6 Å². The summed E-state index contributed by atoms with van der Waals surface area (Å²) < 4.78 is 72.6. The zero-order chi connectivity index (χ0) is 12.6. The molecule has 0 fully saturated rings. The van der Waals surface area contributed by atoms with Crippen molar-refractivity contribution in [1.82, 2.24) is 0 Å². The van der Waals surface area contributed by atoms with Gasteiger partial charge in [-0.05, 0) is 30.0 Å². The Morgan fingerprint density at radius 1 is 1.00 bits per heavy atom. The van der Waals surface area contributed by atoms with Crippen LogP contribution in [0.2, 0.25) is 0 Å². The summed E-state index contributed by atoms with van der Waals surface area (Å²) in [6.07, 6.45) is -4.76. The molecular formula is C8H5F6NS. The largest absolute Gasteiger partial charge is 0.446 e.